The Balaban J connectivity index is 2.19. The molecule has 1 amide bonds. The van der Waals surface area contributed by atoms with Crippen molar-refractivity contribution >= 4 is 5.91 Å². The number of amides is 1. The third kappa shape index (κ3) is 3.72. The molecule has 2 rings (SSSR count). The number of hydrogen-bond donors (Lipinski definition) is 4. The zero-order chi connectivity index (χ0) is 17.9. The Hall–Kier alpha value is -2.02. The van der Waals surface area contributed by atoms with E-state index in [2.05, 4.69) is 0 Å². The molecule has 1 saturated heterocycles. The van der Waals surface area contributed by atoms with Crippen LogP contribution in [0.1, 0.15) is 24.3 Å². The molecule has 130 valence electrons. The maximum atomic E-state index is 11.8. The molecule has 8 heteroatoms. The van der Waals surface area contributed by atoms with Gasteiger partial charge >= 0.3 is 0 Å². The van der Waals surface area contributed by atoms with E-state index in [1.807, 2.05) is 6.07 Å². The fourth-order valence-electron chi connectivity index (χ4n) is 2.59. The minimum absolute atomic E-state index is 0.0242. The van der Waals surface area contributed by atoms with Crippen LogP contribution >= 0.6 is 0 Å². The minimum atomic E-state index is -1.60. The molecule has 0 unspecified atom stereocenters. The number of hydrogen-bond acceptors (Lipinski definition) is 7. The first-order valence-electron chi connectivity index (χ1n) is 7.46. The number of benzene rings is 1. The zero-order valence-corrected chi connectivity index (χ0v) is 13.1. The van der Waals surface area contributed by atoms with Crippen LogP contribution < -0.4 is 0 Å². The second-order valence-corrected chi connectivity index (χ2v) is 5.66. The molecule has 8 nitrogen and oxygen atoms in total. The number of carbonyl (C=O) groups excluding carboxylic acids is 1. The average Bonchev–Trinajstić information content (AvgIpc) is 3.05. The van der Waals surface area contributed by atoms with Gasteiger partial charge < -0.3 is 30.1 Å². The summed E-state index contributed by atoms with van der Waals surface area (Å²) in [5.74, 6) is -0.281. The second kappa shape index (κ2) is 7.70. The summed E-state index contributed by atoms with van der Waals surface area (Å²) in [5.41, 5.74) is 1.08. The maximum Gasteiger partial charge on any atom is 0.221 e. The number of rotatable bonds is 5. The zero-order valence-electron chi connectivity index (χ0n) is 13.1. The lowest BCUT2D eigenvalue weighted by Gasteiger charge is -2.25. The van der Waals surface area contributed by atoms with Crippen molar-refractivity contribution in [2.75, 3.05) is 13.2 Å². The van der Waals surface area contributed by atoms with E-state index in [0.717, 1.165) is 0 Å². The van der Waals surface area contributed by atoms with Gasteiger partial charge in [-0.1, -0.05) is 12.1 Å². The van der Waals surface area contributed by atoms with E-state index in [0.29, 0.717) is 11.1 Å². The molecule has 0 spiro atoms. The molecule has 5 atom stereocenters. The number of nitriles is 1. The molecule has 4 N–H and O–H groups in total. The van der Waals surface area contributed by atoms with Gasteiger partial charge in [0.05, 0.1) is 24.8 Å². The molecule has 0 saturated carbocycles. The average molecular weight is 336 g/mol. The van der Waals surface area contributed by atoms with Crippen LogP contribution in [0.3, 0.4) is 0 Å². The highest BCUT2D eigenvalue weighted by Crippen LogP contribution is 2.32. The highest BCUT2D eigenvalue weighted by atomic mass is 16.5. The fourth-order valence-corrected chi connectivity index (χ4v) is 2.59. The lowest BCUT2D eigenvalue weighted by atomic mass is 10.0. The summed E-state index contributed by atoms with van der Waals surface area (Å²) in [6, 6.07) is 8.46. The second-order valence-electron chi connectivity index (χ2n) is 5.66. The Morgan fingerprint density at radius 3 is 2.50 bits per heavy atom. The largest absolute Gasteiger partial charge is 0.394 e. The summed E-state index contributed by atoms with van der Waals surface area (Å²) < 4.78 is 5.69. The molecule has 1 aromatic carbocycles. The predicted molar refractivity (Wildman–Crippen MR) is 81.3 cm³/mol. The fraction of sp³-hybridized carbons (Fsp3) is 0.500. The molecular weight excluding hydrogens is 316 g/mol. The normalized spacial score (nSPS) is 24.2. The molecule has 1 heterocycles. The van der Waals surface area contributed by atoms with E-state index in [9.17, 15) is 20.1 Å². The van der Waals surface area contributed by atoms with Crippen molar-refractivity contribution in [3.05, 3.63) is 35.4 Å². The van der Waals surface area contributed by atoms with Crippen molar-refractivity contribution in [3.8, 4) is 6.07 Å². The van der Waals surface area contributed by atoms with Crippen molar-refractivity contribution < 1.29 is 30.0 Å². The van der Waals surface area contributed by atoms with Crippen LogP contribution in [0.4, 0.5) is 0 Å². The van der Waals surface area contributed by atoms with Gasteiger partial charge in [0.2, 0.25) is 5.91 Å². The summed E-state index contributed by atoms with van der Waals surface area (Å²) >= 11 is 0. The van der Waals surface area contributed by atoms with Gasteiger partial charge in [0, 0.05) is 12.5 Å². The number of aliphatic hydroxyl groups is 4. The van der Waals surface area contributed by atoms with Crippen LogP contribution in [0.5, 0.6) is 0 Å². The number of aliphatic hydroxyl groups excluding tert-OH is 4. The van der Waals surface area contributed by atoms with Gasteiger partial charge in [-0.25, -0.2) is 0 Å². The highest BCUT2D eigenvalue weighted by Gasteiger charge is 2.42. The molecule has 0 aliphatic carbocycles. The van der Waals surface area contributed by atoms with Crippen molar-refractivity contribution in [3.63, 3.8) is 0 Å². The van der Waals surface area contributed by atoms with Crippen LogP contribution in [0.25, 0.3) is 0 Å². The number of carbonyl (C=O) groups is 1. The summed E-state index contributed by atoms with van der Waals surface area (Å²) in [6.45, 7) is 0.671. The lowest BCUT2D eigenvalue weighted by molar-refractivity contribution is -0.139. The van der Waals surface area contributed by atoms with E-state index in [4.69, 9.17) is 15.1 Å². The van der Waals surface area contributed by atoms with E-state index in [1.54, 1.807) is 24.3 Å². The van der Waals surface area contributed by atoms with Crippen LogP contribution in [0.2, 0.25) is 0 Å². The van der Waals surface area contributed by atoms with Crippen molar-refractivity contribution in [1.29, 1.82) is 5.26 Å². The molecular formula is C16H20N2O6. The Morgan fingerprint density at radius 1 is 1.38 bits per heavy atom. The Kier molecular flexibility index (Phi) is 5.88. The van der Waals surface area contributed by atoms with Gasteiger partial charge in [-0.05, 0) is 12.1 Å². The molecule has 1 aliphatic heterocycles. The molecule has 0 bridgehead atoms. The monoisotopic (exact) mass is 336 g/mol. The molecule has 1 aromatic rings. The predicted octanol–water partition coefficient (Wildman–Crippen LogP) is -1.12. The third-order valence-electron chi connectivity index (χ3n) is 4.00. The molecule has 24 heavy (non-hydrogen) atoms. The van der Waals surface area contributed by atoms with E-state index >= 15 is 0 Å². The number of nitrogens with zero attached hydrogens (tertiary/aromatic N) is 2. The lowest BCUT2D eigenvalue weighted by Crippen LogP contribution is -2.47. The summed E-state index contributed by atoms with van der Waals surface area (Å²) in [7, 11) is 0. The Labute approximate surface area is 139 Å². The first kappa shape index (κ1) is 18.3. The van der Waals surface area contributed by atoms with E-state index in [-0.39, 0.29) is 12.5 Å². The van der Waals surface area contributed by atoms with Crippen LogP contribution in [0, 0.1) is 11.3 Å². The summed E-state index contributed by atoms with van der Waals surface area (Å²) in [5, 5.41) is 47.1. The van der Waals surface area contributed by atoms with Gasteiger partial charge in [-0.3, -0.25) is 4.79 Å². The Bertz CT molecular complexity index is 614. The highest BCUT2D eigenvalue weighted by molar-refractivity contribution is 5.74. The smallest absolute Gasteiger partial charge is 0.221 e. The standard InChI is InChI=1S/C16H20N2O6/c1-9(20)18-7-13(15(23)14(22)12(21)8-19)24-16(18)11-4-2-10(6-17)3-5-11/h2-5,12-16,19,21-23H,7-8H2,1H3/t12-,13+,14-,15-,16-/m1/s1. The van der Waals surface area contributed by atoms with E-state index in [1.165, 1.54) is 11.8 Å². The van der Waals surface area contributed by atoms with Crippen LogP contribution in [-0.2, 0) is 9.53 Å². The molecule has 1 fully saturated rings. The quantitative estimate of drug-likeness (QED) is 0.535. The minimum Gasteiger partial charge on any atom is -0.394 e. The van der Waals surface area contributed by atoms with Crippen molar-refractivity contribution in [2.24, 2.45) is 0 Å². The molecule has 1 aliphatic rings. The van der Waals surface area contributed by atoms with Gasteiger partial charge in [0.25, 0.3) is 0 Å². The first-order chi connectivity index (χ1) is 11.4. The summed E-state index contributed by atoms with van der Waals surface area (Å²) in [4.78, 5) is 13.2. The van der Waals surface area contributed by atoms with Gasteiger partial charge in [-0.15, -0.1) is 0 Å². The van der Waals surface area contributed by atoms with Crippen molar-refractivity contribution in [2.45, 2.75) is 37.6 Å². The first-order valence-corrected chi connectivity index (χ1v) is 7.46. The van der Waals surface area contributed by atoms with E-state index < -0.39 is 37.3 Å². The van der Waals surface area contributed by atoms with Gasteiger partial charge in [0.15, 0.2) is 6.23 Å². The SMILES string of the molecule is CC(=O)N1C[C@@H]([C@@H](O)[C@H](O)[C@H](O)CO)O[C@@H]1c1ccc(C#N)cc1. The molecule has 0 aromatic heterocycles. The van der Waals surface area contributed by atoms with Crippen LogP contribution in [0.15, 0.2) is 24.3 Å². The number of ether oxygens (including phenoxy) is 1. The van der Waals surface area contributed by atoms with Gasteiger partial charge in [-0.2, -0.15) is 5.26 Å². The molecule has 0 radical (unpaired) electrons. The third-order valence-corrected chi connectivity index (χ3v) is 4.00. The Morgan fingerprint density at radius 2 is 2.00 bits per heavy atom. The topological polar surface area (TPSA) is 134 Å². The summed E-state index contributed by atoms with van der Waals surface area (Å²) in [6.07, 6.45) is -6.28. The van der Waals surface area contributed by atoms with Crippen LogP contribution in [-0.4, -0.2) is 68.8 Å². The maximum absolute atomic E-state index is 11.8. The van der Waals surface area contributed by atoms with Crippen molar-refractivity contribution in [1.82, 2.24) is 4.90 Å². The van der Waals surface area contributed by atoms with Gasteiger partial charge in [0.1, 0.15) is 24.4 Å².